The van der Waals surface area contributed by atoms with E-state index in [9.17, 15) is 0 Å². The van der Waals surface area contributed by atoms with E-state index in [1.54, 1.807) is 12.1 Å². The predicted octanol–water partition coefficient (Wildman–Crippen LogP) is 7.62. The second-order valence-electron chi connectivity index (χ2n) is 7.26. The van der Waals surface area contributed by atoms with Crippen LogP contribution in [-0.2, 0) is 19.6 Å². The van der Waals surface area contributed by atoms with E-state index in [2.05, 4.69) is 43.1 Å². The maximum absolute atomic E-state index is 6.31. The molecule has 0 atom stereocenters. The second-order valence-corrected chi connectivity index (χ2v) is 8.10. The number of aryl methyl sites for hydroxylation is 1. The minimum atomic E-state index is 0.321. The Hall–Kier alpha value is -2.62. The molecule has 31 heavy (non-hydrogen) atoms. The van der Waals surface area contributed by atoms with Gasteiger partial charge in [0.15, 0.2) is 11.5 Å². The number of anilines is 1. The van der Waals surface area contributed by atoms with E-state index < -0.39 is 0 Å². The van der Waals surface area contributed by atoms with Gasteiger partial charge in [-0.2, -0.15) is 0 Å². The van der Waals surface area contributed by atoms with Gasteiger partial charge in [-0.3, -0.25) is 0 Å². The fourth-order valence-corrected chi connectivity index (χ4v) is 3.77. The van der Waals surface area contributed by atoms with E-state index in [-0.39, 0.29) is 0 Å². The van der Waals surface area contributed by atoms with Crippen LogP contribution in [0.5, 0.6) is 11.5 Å². The van der Waals surface area contributed by atoms with E-state index in [4.69, 9.17) is 32.7 Å². The fraction of sp³-hybridized carbons (Fsp3) is 0.231. The Labute approximate surface area is 194 Å². The molecule has 0 aliphatic carbocycles. The van der Waals surface area contributed by atoms with Crippen LogP contribution in [0, 0.1) is 6.92 Å². The molecule has 0 aliphatic rings. The lowest BCUT2D eigenvalue weighted by Gasteiger charge is -2.18. The summed E-state index contributed by atoms with van der Waals surface area (Å²) in [6.07, 6.45) is 2.53. The number of halogens is 2. The third-order valence-electron chi connectivity index (χ3n) is 4.76. The standard InChI is InChI=1S/C26H27Cl2NO2/c1-4-7-20-13-19(16-29-23-9-6-8-18(3)12-23)14-25(30-5-2)26(20)31-17-21-10-11-22(27)15-24(21)28/h4,6,8-15,29H,1,5,7,16-17H2,2-3H3. The number of nitrogens with one attached hydrogen (secondary N) is 1. The molecule has 3 aromatic rings. The normalized spacial score (nSPS) is 10.6. The minimum Gasteiger partial charge on any atom is -0.490 e. The molecule has 0 saturated carbocycles. The Morgan fingerprint density at radius 1 is 1.00 bits per heavy atom. The molecule has 0 aliphatic heterocycles. The lowest BCUT2D eigenvalue weighted by molar-refractivity contribution is 0.267. The summed E-state index contributed by atoms with van der Waals surface area (Å²) in [5.41, 5.74) is 5.30. The minimum absolute atomic E-state index is 0.321. The highest BCUT2D eigenvalue weighted by molar-refractivity contribution is 6.35. The summed E-state index contributed by atoms with van der Waals surface area (Å²) < 4.78 is 12.1. The predicted molar refractivity (Wildman–Crippen MR) is 131 cm³/mol. The maximum atomic E-state index is 6.31. The van der Waals surface area contributed by atoms with Crippen LogP contribution in [0.2, 0.25) is 10.0 Å². The molecule has 0 heterocycles. The molecule has 0 fully saturated rings. The summed E-state index contributed by atoms with van der Waals surface area (Å²) in [7, 11) is 0. The van der Waals surface area contributed by atoms with Crippen LogP contribution in [0.4, 0.5) is 5.69 Å². The van der Waals surface area contributed by atoms with E-state index in [0.717, 1.165) is 22.4 Å². The van der Waals surface area contributed by atoms with Crippen LogP contribution in [0.15, 0.2) is 67.3 Å². The molecule has 3 nitrogen and oxygen atoms in total. The summed E-state index contributed by atoms with van der Waals surface area (Å²) in [6.45, 7) is 9.49. The van der Waals surface area contributed by atoms with Crippen LogP contribution < -0.4 is 14.8 Å². The number of hydrogen-bond donors (Lipinski definition) is 1. The molecule has 162 valence electrons. The maximum Gasteiger partial charge on any atom is 0.165 e. The first kappa shape index (κ1) is 23.1. The van der Waals surface area contributed by atoms with Crippen molar-refractivity contribution in [3.05, 3.63) is 99.6 Å². The molecule has 1 N–H and O–H groups in total. The van der Waals surface area contributed by atoms with Crippen LogP contribution in [-0.4, -0.2) is 6.61 Å². The second kappa shape index (κ2) is 11.1. The van der Waals surface area contributed by atoms with E-state index >= 15 is 0 Å². The smallest absolute Gasteiger partial charge is 0.165 e. The molecule has 0 saturated heterocycles. The Bertz CT molecular complexity index is 1050. The highest BCUT2D eigenvalue weighted by atomic mass is 35.5. The van der Waals surface area contributed by atoms with Crippen molar-refractivity contribution in [1.29, 1.82) is 0 Å². The van der Waals surface area contributed by atoms with Gasteiger partial charge in [0.2, 0.25) is 0 Å². The van der Waals surface area contributed by atoms with E-state index in [0.29, 0.717) is 47.7 Å². The molecule has 3 rings (SSSR count). The molecule has 0 amide bonds. The molecular formula is C26H27Cl2NO2. The Morgan fingerprint density at radius 3 is 2.55 bits per heavy atom. The first-order valence-corrected chi connectivity index (χ1v) is 11.0. The third kappa shape index (κ3) is 6.43. The van der Waals surface area contributed by atoms with Gasteiger partial charge in [-0.25, -0.2) is 0 Å². The highest BCUT2D eigenvalue weighted by Gasteiger charge is 2.14. The zero-order chi connectivity index (χ0) is 22.2. The molecule has 0 aromatic heterocycles. The zero-order valence-electron chi connectivity index (χ0n) is 17.9. The van der Waals surface area contributed by atoms with Crippen LogP contribution >= 0.6 is 23.2 Å². The highest BCUT2D eigenvalue weighted by Crippen LogP contribution is 2.35. The molecule has 0 unspecified atom stereocenters. The number of hydrogen-bond acceptors (Lipinski definition) is 3. The van der Waals surface area contributed by atoms with Crippen molar-refractivity contribution in [2.45, 2.75) is 33.4 Å². The number of ether oxygens (including phenoxy) is 2. The molecule has 0 bridgehead atoms. The van der Waals surface area contributed by atoms with Crippen LogP contribution in [0.3, 0.4) is 0 Å². The van der Waals surface area contributed by atoms with Gasteiger partial charge >= 0.3 is 0 Å². The lowest BCUT2D eigenvalue weighted by Crippen LogP contribution is -2.06. The van der Waals surface area contributed by atoms with Crippen molar-refractivity contribution >= 4 is 28.9 Å². The monoisotopic (exact) mass is 455 g/mol. The average molecular weight is 456 g/mol. The van der Waals surface area contributed by atoms with Gasteiger partial charge in [-0.1, -0.05) is 47.5 Å². The fourth-order valence-electron chi connectivity index (χ4n) is 3.31. The van der Waals surface area contributed by atoms with Crippen LogP contribution in [0.1, 0.15) is 29.2 Å². The number of allylic oxidation sites excluding steroid dienone is 1. The van der Waals surface area contributed by atoms with Crippen molar-refractivity contribution < 1.29 is 9.47 Å². The quantitative estimate of drug-likeness (QED) is 0.318. The number of benzene rings is 3. The van der Waals surface area contributed by atoms with Gasteiger partial charge < -0.3 is 14.8 Å². The Kier molecular flexibility index (Phi) is 8.27. The van der Waals surface area contributed by atoms with Crippen molar-refractivity contribution in [1.82, 2.24) is 0 Å². The largest absolute Gasteiger partial charge is 0.490 e. The average Bonchev–Trinajstić information content (AvgIpc) is 2.73. The zero-order valence-corrected chi connectivity index (χ0v) is 19.4. The summed E-state index contributed by atoms with van der Waals surface area (Å²) in [5, 5.41) is 4.66. The third-order valence-corrected chi connectivity index (χ3v) is 5.34. The van der Waals surface area contributed by atoms with Crippen molar-refractivity contribution in [2.75, 3.05) is 11.9 Å². The molecular weight excluding hydrogens is 429 g/mol. The van der Waals surface area contributed by atoms with Crippen molar-refractivity contribution in [3.63, 3.8) is 0 Å². The molecule has 0 spiro atoms. The summed E-state index contributed by atoms with van der Waals surface area (Å²) in [4.78, 5) is 0. The van der Waals surface area contributed by atoms with Gasteiger partial charge in [-0.15, -0.1) is 6.58 Å². The van der Waals surface area contributed by atoms with Crippen molar-refractivity contribution in [3.8, 4) is 11.5 Å². The lowest BCUT2D eigenvalue weighted by atomic mass is 10.0. The summed E-state index contributed by atoms with van der Waals surface area (Å²) >= 11 is 12.3. The van der Waals surface area contributed by atoms with Gasteiger partial charge in [0, 0.05) is 33.4 Å². The Morgan fingerprint density at radius 2 is 1.84 bits per heavy atom. The van der Waals surface area contributed by atoms with Gasteiger partial charge in [-0.05, 0) is 67.8 Å². The molecule has 0 radical (unpaired) electrons. The summed E-state index contributed by atoms with van der Waals surface area (Å²) in [6, 6.07) is 17.9. The summed E-state index contributed by atoms with van der Waals surface area (Å²) in [5.74, 6) is 1.43. The molecule has 5 heteroatoms. The van der Waals surface area contributed by atoms with Gasteiger partial charge in [0.25, 0.3) is 0 Å². The van der Waals surface area contributed by atoms with E-state index in [1.165, 1.54) is 5.56 Å². The van der Waals surface area contributed by atoms with Crippen molar-refractivity contribution in [2.24, 2.45) is 0 Å². The van der Waals surface area contributed by atoms with E-state index in [1.807, 2.05) is 31.2 Å². The Balaban J connectivity index is 1.85. The first-order valence-electron chi connectivity index (χ1n) is 10.3. The van der Waals surface area contributed by atoms with Gasteiger partial charge in [0.1, 0.15) is 6.61 Å². The van der Waals surface area contributed by atoms with Crippen LogP contribution in [0.25, 0.3) is 0 Å². The van der Waals surface area contributed by atoms with Gasteiger partial charge in [0.05, 0.1) is 6.61 Å². The first-order chi connectivity index (χ1) is 15.0. The molecule has 3 aromatic carbocycles. The topological polar surface area (TPSA) is 30.5 Å². The SMILES string of the molecule is C=CCc1cc(CNc2cccc(C)c2)cc(OCC)c1OCc1ccc(Cl)cc1Cl. The number of rotatable bonds is 10.